The minimum atomic E-state index is -0.654. The van der Waals surface area contributed by atoms with E-state index in [2.05, 4.69) is 29.4 Å². The average Bonchev–Trinajstić information content (AvgIpc) is 3.13. The number of amides is 1. The second-order valence-electron chi connectivity index (χ2n) is 11.3. The van der Waals surface area contributed by atoms with Crippen molar-refractivity contribution in [3.8, 4) is 11.3 Å². The molecular weight excluding hydrogens is 438 g/mol. The molecule has 1 unspecified atom stereocenters. The summed E-state index contributed by atoms with van der Waals surface area (Å²) in [6.07, 6.45) is 1.47. The molecular formula is C26H32F2N4O2. The summed E-state index contributed by atoms with van der Waals surface area (Å²) in [7, 11) is 0. The third kappa shape index (κ3) is 3.25. The normalized spacial score (nSPS) is 27.6. The molecule has 1 N–H and O–H groups in total. The lowest BCUT2D eigenvalue weighted by Gasteiger charge is -2.50. The Morgan fingerprint density at radius 3 is 2.59 bits per heavy atom. The largest absolute Gasteiger partial charge is 0.444 e. The first-order chi connectivity index (χ1) is 16.0. The van der Waals surface area contributed by atoms with Gasteiger partial charge in [0.2, 0.25) is 0 Å². The van der Waals surface area contributed by atoms with Gasteiger partial charge in [0.1, 0.15) is 17.2 Å². The molecule has 3 aliphatic rings. The van der Waals surface area contributed by atoms with Crippen LogP contribution in [0.1, 0.15) is 64.6 Å². The van der Waals surface area contributed by atoms with Gasteiger partial charge < -0.3 is 15.0 Å². The molecule has 2 aliphatic carbocycles. The number of halogens is 2. The lowest BCUT2D eigenvalue weighted by molar-refractivity contribution is -0.0121. The number of nitrogens with zero attached hydrogens (tertiary/aromatic N) is 3. The average molecular weight is 471 g/mol. The minimum Gasteiger partial charge on any atom is -0.444 e. The number of ether oxygens (including phenoxy) is 1. The summed E-state index contributed by atoms with van der Waals surface area (Å²) in [6, 6.07) is 5.46. The maximum atomic E-state index is 14.5. The molecule has 0 radical (unpaired) electrons. The van der Waals surface area contributed by atoms with Crippen LogP contribution in [0.5, 0.6) is 0 Å². The number of carbonyl (C=O) groups excluding carboxylic acids is 1. The highest BCUT2D eigenvalue weighted by atomic mass is 19.1. The van der Waals surface area contributed by atoms with Crippen molar-refractivity contribution in [2.45, 2.75) is 70.4 Å². The molecule has 2 bridgehead atoms. The second kappa shape index (κ2) is 7.70. The van der Waals surface area contributed by atoms with E-state index in [1.165, 1.54) is 18.2 Å². The van der Waals surface area contributed by atoms with E-state index in [4.69, 9.17) is 4.74 Å². The third-order valence-electron chi connectivity index (χ3n) is 8.13. The van der Waals surface area contributed by atoms with E-state index in [0.29, 0.717) is 19.6 Å². The predicted octanol–water partition coefficient (Wildman–Crippen LogP) is 4.79. The monoisotopic (exact) mass is 470 g/mol. The lowest BCUT2D eigenvalue weighted by Crippen LogP contribution is -2.64. The molecule has 1 aromatic carbocycles. The van der Waals surface area contributed by atoms with E-state index in [0.717, 1.165) is 24.1 Å². The number of carbonyl (C=O) groups is 1. The molecule has 0 spiro atoms. The van der Waals surface area contributed by atoms with Crippen molar-refractivity contribution in [1.82, 2.24) is 20.4 Å². The van der Waals surface area contributed by atoms with Gasteiger partial charge in [-0.25, -0.2) is 13.6 Å². The number of rotatable bonds is 2. The van der Waals surface area contributed by atoms with E-state index in [9.17, 15) is 13.6 Å². The van der Waals surface area contributed by atoms with Crippen LogP contribution in [-0.2, 0) is 10.2 Å². The molecule has 1 saturated heterocycles. The smallest absolute Gasteiger partial charge is 0.410 e. The summed E-state index contributed by atoms with van der Waals surface area (Å²) >= 11 is 0. The third-order valence-corrected chi connectivity index (χ3v) is 8.13. The van der Waals surface area contributed by atoms with Crippen LogP contribution in [-0.4, -0.2) is 52.5 Å². The first kappa shape index (κ1) is 23.1. The molecule has 34 heavy (non-hydrogen) atoms. The summed E-state index contributed by atoms with van der Waals surface area (Å²) in [6.45, 7) is 11.9. The van der Waals surface area contributed by atoms with Gasteiger partial charge in [0.15, 0.2) is 0 Å². The van der Waals surface area contributed by atoms with Crippen LogP contribution >= 0.6 is 0 Å². The van der Waals surface area contributed by atoms with Gasteiger partial charge in [-0.15, -0.1) is 0 Å². The summed E-state index contributed by atoms with van der Waals surface area (Å²) in [4.78, 5) is 15.1. The molecule has 2 aromatic rings. The molecule has 1 aromatic heterocycles. The fourth-order valence-corrected chi connectivity index (χ4v) is 6.65. The predicted molar refractivity (Wildman–Crippen MR) is 124 cm³/mol. The SMILES string of the molecule is CC(C)(C)OC(=O)N1CCNCC1[C@@]12CC[C@@H](c3cc(-c4c(F)cccc4F)nnc31)C2(C)C. The van der Waals surface area contributed by atoms with Crippen LogP contribution in [0, 0.1) is 17.0 Å². The maximum Gasteiger partial charge on any atom is 0.410 e. The van der Waals surface area contributed by atoms with Gasteiger partial charge in [0.05, 0.1) is 23.0 Å². The number of piperazine rings is 1. The van der Waals surface area contributed by atoms with E-state index in [1.54, 1.807) is 0 Å². The Morgan fingerprint density at radius 1 is 1.21 bits per heavy atom. The fraction of sp³-hybridized carbons (Fsp3) is 0.577. The Hall–Kier alpha value is -2.61. The van der Waals surface area contributed by atoms with Crippen molar-refractivity contribution in [1.29, 1.82) is 0 Å². The van der Waals surface area contributed by atoms with Gasteiger partial charge in [-0.1, -0.05) is 19.9 Å². The van der Waals surface area contributed by atoms with Gasteiger partial charge in [-0.05, 0) is 68.7 Å². The second-order valence-corrected chi connectivity index (χ2v) is 11.3. The molecule has 5 rings (SSSR count). The Labute approximate surface area is 199 Å². The highest BCUT2D eigenvalue weighted by Crippen LogP contribution is 2.69. The van der Waals surface area contributed by atoms with Crippen LogP contribution in [0.15, 0.2) is 24.3 Å². The van der Waals surface area contributed by atoms with Crippen LogP contribution in [0.2, 0.25) is 0 Å². The summed E-state index contributed by atoms with van der Waals surface area (Å²) in [5.41, 5.74) is 0.636. The van der Waals surface area contributed by atoms with Gasteiger partial charge in [-0.3, -0.25) is 0 Å². The van der Waals surface area contributed by atoms with Crippen LogP contribution in [0.25, 0.3) is 11.3 Å². The topological polar surface area (TPSA) is 67.3 Å². The molecule has 3 atom stereocenters. The van der Waals surface area contributed by atoms with E-state index < -0.39 is 22.7 Å². The maximum absolute atomic E-state index is 14.5. The molecule has 8 heteroatoms. The van der Waals surface area contributed by atoms with Crippen molar-refractivity contribution >= 4 is 6.09 Å². The molecule has 1 amide bonds. The molecule has 2 fully saturated rings. The Morgan fingerprint density at radius 2 is 1.91 bits per heavy atom. The summed E-state index contributed by atoms with van der Waals surface area (Å²) < 4.78 is 34.8. The zero-order chi connectivity index (χ0) is 24.5. The van der Waals surface area contributed by atoms with Gasteiger partial charge in [0, 0.05) is 25.0 Å². The zero-order valence-corrected chi connectivity index (χ0v) is 20.4. The highest BCUT2D eigenvalue weighted by Gasteiger charge is 2.68. The Bertz CT molecular complexity index is 1130. The molecule has 182 valence electrons. The molecule has 2 heterocycles. The van der Waals surface area contributed by atoms with E-state index >= 15 is 0 Å². The molecule has 6 nitrogen and oxygen atoms in total. The van der Waals surface area contributed by atoms with Crippen LogP contribution in [0.4, 0.5) is 13.6 Å². The van der Waals surface area contributed by atoms with Crippen molar-refractivity contribution in [3.05, 3.63) is 47.2 Å². The Kier molecular flexibility index (Phi) is 5.24. The van der Waals surface area contributed by atoms with E-state index in [-0.39, 0.29) is 34.7 Å². The quantitative estimate of drug-likeness (QED) is 0.684. The standard InChI is InChI=1S/C26H32F2N4O2/c1-24(2,3)34-23(33)32-12-11-29-14-20(32)26-10-9-16(25(26,4)5)15-13-19(30-31-22(15)26)21-17(27)7-6-8-18(21)28/h6-8,13,16,20,29H,9-12,14H2,1-5H3/t16-,20?,26-/m0/s1. The molecule has 1 aliphatic heterocycles. The van der Waals surface area contributed by atoms with Crippen LogP contribution < -0.4 is 5.32 Å². The number of benzene rings is 1. The van der Waals surface area contributed by atoms with Gasteiger partial charge in [0.25, 0.3) is 0 Å². The number of aromatic nitrogens is 2. The summed E-state index contributed by atoms with van der Waals surface area (Å²) in [5, 5.41) is 12.4. The van der Waals surface area contributed by atoms with Gasteiger partial charge in [-0.2, -0.15) is 10.2 Å². The Balaban J connectivity index is 1.61. The first-order valence-electron chi connectivity index (χ1n) is 12.0. The van der Waals surface area contributed by atoms with Crippen molar-refractivity contribution < 1.29 is 18.3 Å². The highest BCUT2D eigenvalue weighted by molar-refractivity contribution is 5.70. The number of nitrogens with one attached hydrogen (secondary N) is 1. The van der Waals surface area contributed by atoms with Crippen molar-refractivity contribution in [2.75, 3.05) is 19.6 Å². The number of hydrogen-bond acceptors (Lipinski definition) is 5. The van der Waals surface area contributed by atoms with Gasteiger partial charge >= 0.3 is 6.09 Å². The van der Waals surface area contributed by atoms with Crippen LogP contribution in [0.3, 0.4) is 0 Å². The van der Waals surface area contributed by atoms with E-state index in [1.807, 2.05) is 31.7 Å². The first-order valence-corrected chi connectivity index (χ1v) is 12.0. The van der Waals surface area contributed by atoms with Crippen molar-refractivity contribution in [3.63, 3.8) is 0 Å². The molecule has 1 saturated carbocycles. The number of hydrogen-bond donors (Lipinski definition) is 1. The zero-order valence-electron chi connectivity index (χ0n) is 20.4. The van der Waals surface area contributed by atoms with Crippen molar-refractivity contribution in [2.24, 2.45) is 5.41 Å². The number of fused-ring (bicyclic) bond motifs is 5. The lowest BCUT2D eigenvalue weighted by atomic mass is 9.63. The minimum absolute atomic E-state index is 0.151. The summed E-state index contributed by atoms with van der Waals surface area (Å²) in [5.74, 6) is -1.15. The fourth-order valence-electron chi connectivity index (χ4n) is 6.65.